The lowest BCUT2D eigenvalue weighted by molar-refractivity contribution is 0.612. The smallest absolute Gasteiger partial charge is 0.273 e. The average molecular weight is 234 g/mol. The van der Waals surface area contributed by atoms with Gasteiger partial charge in [0.2, 0.25) is 5.95 Å². The van der Waals surface area contributed by atoms with Gasteiger partial charge < -0.3 is 5.32 Å². The minimum atomic E-state index is -0.309. The summed E-state index contributed by atoms with van der Waals surface area (Å²) in [4.78, 5) is 13.7. The van der Waals surface area contributed by atoms with E-state index in [0.717, 1.165) is 0 Å². The van der Waals surface area contributed by atoms with Gasteiger partial charge in [0.05, 0.1) is 0 Å². The van der Waals surface area contributed by atoms with Crippen LogP contribution in [0.15, 0.2) is 29.1 Å². The lowest BCUT2D eigenvalue weighted by Crippen LogP contribution is -2.17. The molecule has 0 aliphatic rings. The van der Waals surface area contributed by atoms with Crippen LogP contribution in [0.3, 0.4) is 0 Å². The predicted octanol–water partition coefficient (Wildman–Crippen LogP) is 1.22. The Balaban J connectivity index is 2.10. The number of anilines is 1. The van der Waals surface area contributed by atoms with Crippen LogP contribution in [0.2, 0.25) is 0 Å². The monoisotopic (exact) mass is 234 g/mol. The van der Waals surface area contributed by atoms with E-state index in [4.69, 9.17) is 0 Å². The number of aromatic amines is 1. The van der Waals surface area contributed by atoms with Crippen molar-refractivity contribution in [3.63, 3.8) is 0 Å². The van der Waals surface area contributed by atoms with E-state index in [9.17, 15) is 9.18 Å². The molecule has 0 unspecified atom stereocenters. The molecule has 17 heavy (non-hydrogen) atoms. The summed E-state index contributed by atoms with van der Waals surface area (Å²) in [6.07, 6.45) is 0. The maximum absolute atomic E-state index is 13.3. The van der Waals surface area contributed by atoms with Crippen molar-refractivity contribution in [2.45, 2.75) is 13.5 Å². The first-order chi connectivity index (χ1) is 8.16. The number of aromatic nitrogens is 3. The lowest BCUT2D eigenvalue weighted by atomic mass is 10.2. The van der Waals surface area contributed by atoms with Gasteiger partial charge in [0.25, 0.3) is 5.56 Å². The molecule has 6 heteroatoms. The molecule has 2 N–H and O–H groups in total. The standard InChI is InChI=1S/C11H11FN4O/c1-7-10(17)14-11(16-15-7)13-6-8-4-2-3-5-9(8)12/h2-5H,6H2,1H3,(H2,13,14,16,17). The quantitative estimate of drug-likeness (QED) is 0.837. The Labute approximate surface area is 96.7 Å². The molecule has 0 saturated heterocycles. The van der Waals surface area contributed by atoms with Crippen LogP contribution in [0.1, 0.15) is 11.3 Å². The molecular weight excluding hydrogens is 223 g/mol. The summed E-state index contributed by atoms with van der Waals surface area (Å²) in [5.41, 5.74) is 0.480. The third kappa shape index (κ3) is 2.66. The number of hydrogen-bond donors (Lipinski definition) is 2. The van der Waals surface area contributed by atoms with Gasteiger partial charge in [-0.2, -0.15) is 0 Å². The van der Waals surface area contributed by atoms with Crippen molar-refractivity contribution in [1.29, 1.82) is 0 Å². The normalized spacial score (nSPS) is 10.2. The molecule has 0 bridgehead atoms. The van der Waals surface area contributed by atoms with Crippen molar-refractivity contribution in [2.24, 2.45) is 0 Å². The zero-order valence-corrected chi connectivity index (χ0v) is 9.20. The molecular formula is C11H11FN4O. The first-order valence-electron chi connectivity index (χ1n) is 5.07. The summed E-state index contributed by atoms with van der Waals surface area (Å²) >= 11 is 0. The first-order valence-corrected chi connectivity index (χ1v) is 5.07. The van der Waals surface area contributed by atoms with E-state index in [0.29, 0.717) is 11.3 Å². The third-order valence-corrected chi connectivity index (χ3v) is 2.26. The van der Waals surface area contributed by atoms with Crippen LogP contribution in [0.4, 0.5) is 10.3 Å². The van der Waals surface area contributed by atoms with Crippen LogP contribution in [0.25, 0.3) is 0 Å². The number of rotatable bonds is 3. The van der Waals surface area contributed by atoms with Crippen molar-refractivity contribution in [1.82, 2.24) is 15.2 Å². The fourth-order valence-corrected chi connectivity index (χ4v) is 1.29. The lowest BCUT2D eigenvalue weighted by Gasteiger charge is -2.05. The molecule has 0 fully saturated rings. The Hall–Kier alpha value is -2.24. The largest absolute Gasteiger partial charge is 0.350 e. The molecule has 5 nitrogen and oxygen atoms in total. The highest BCUT2D eigenvalue weighted by atomic mass is 19.1. The summed E-state index contributed by atoms with van der Waals surface area (Å²) in [6.45, 7) is 1.80. The SMILES string of the molecule is Cc1nnc(NCc2ccccc2F)[nH]c1=O. The van der Waals surface area contributed by atoms with Gasteiger partial charge in [0, 0.05) is 12.1 Å². The number of benzene rings is 1. The summed E-state index contributed by atoms with van der Waals surface area (Å²) in [7, 11) is 0. The summed E-state index contributed by atoms with van der Waals surface area (Å²) in [6, 6.07) is 6.39. The molecule has 2 rings (SSSR count). The molecule has 2 aromatic rings. The number of hydrogen-bond acceptors (Lipinski definition) is 4. The van der Waals surface area contributed by atoms with Crippen molar-refractivity contribution >= 4 is 5.95 Å². The van der Waals surface area contributed by atoms with Gasteiger partial charge in [-0.15, -0.1) is 10.2 Å². The fraction of sp³-hybridized carbons (Fsp3) is 0.182. The highest BCUT2D eigenvalue weighted by Crippen LogP contribution is 2.07. The Morgan fingerprint density at radius 1 is 1.35 bits per heavy atom. The van der Waals surface area contributed by atoms with Crippen LogP contribution in [0, 0.1) is 12.7 Å². The van der Waals surface area contributed by atoms with Gasteiger partial charge >= 0.3 is 0 Å². The van der Waals surface area contributed by atoms with E-state index in [-0.39, 0.29) is 23.9 Å². The summed E-state index contributed by atoms with van der Waals surface area (Å²) in [5, 5.41) is 10.2. The van der Waals surface area contributed by atoms with Gasteiger partial charge in [-0.3, -0.25) is 9.78 Å². The Morgan fingerprint density at radius 3 is 2.82 bits per heavy atom. The van der Waals surface area contributed by atoms with Crippen LogP contribution in [0.5, 0.6) is 0 Å². The Bertz CT molecular complexity index is 582. The highest BCUT2D eigenvalue weighted by Gasteiger charge is 2.02. The zero-order valence-electron chi connectivity index (χ0n) is 9.20. The third-order valence-electron chi connectivity index (χ3n) is 2.26. The summed E-state index contributed by atoms with van der Waals surface area (Å²) < 4.78 is 13.3. The second-order valence-electron chi connectivity index (χ2n) is 3.53. The molecule has 0 amide bonds. The van der Waals surface area contributed by atoms with Crippen LogP contribution < -0.4 is 10.9 Å². The van der Waals surface area contributed by atoms with E-state index < -0.39 is 0 Å². The Kier molecular flexibility index (Phi) is 3.13. The van der Waals surface area contributed by atoms with Crippen LogP contribution in [-0.4, -0.2) is 15.2 Å². The molecule has 1 aromatic carbocycles. The number of halogens is 1. The van der Waals surface area contributed by atoms with Gasteiger partial charge in [-0.25, -0.2) is 4.39 Å². The molecule has 1 heterocycles. The second-order valence-corrected chi connectivity index (χ2v) is 3.53. The maximum Gasteiger partial charge on any atom is 0.273 e. The fourth-order valence-electron chi connectivity index (χ4n) is 1.29. The molecule has 1 aromatic heterocycles. The van der Waals surface area contributed by atoms with E-state index >= 15 is 0 Å². The second kappa shape index (κ2) is 4.73. The number of nitrogens with one attached hydrogen (secondary N) is 2. The van der Waals surface area contributed by atoms with Crippen LogP contribution >= 0.6 is 0 Å². The minimum absolute atomic E-state index is 0.226. The molecule has 0 spiro atoms. The minimum Gasteiger partial charge on any atom is -0.350 e. The highest BCUT2D eigenvalue weighted by molar-refractivity contribution is 5.26. The van der Waals surface area contributed by atoms with E-state index in [1.54, 1.807) is 25.1 Å². The first kappa shape index (κ1) is 11.3. The van der Waals surface area contributed by atoms with E-state index in [1.807, 2.05) is 0 Å². The summed E-state index contributed by atoms with van der Waals surface area (Å²) in [5.74, 6) is -0.0775. The maximum atomic E-state index is 13.3. The average Bonchev–Trinajstić information content (AvgIpc) is 2.32. The number of H-pyrrole nitrogens is 1. The number of nitrogens with zero attached hydrogens (tertiary/aromatic N) is 2. The number of aryl methyl sites for hydroxylation is 1. The molecule has 0 saturated carbocycles. The van der Waals surface area contributed by atoms with Gasteiger partial charge in [-0.05, 0) is 13.0 Å². The zero-order chi connectivity index (χ0) is 12.3. The molecule has 0 atom stereocenters. The Morgan fingerprint density at radius 2 is 2.12 bits per heavy atom. The molecule has 0 aliphatic carbocycles. The predicted molar refractivity (Wildman–Crippen MR) is 61.1 cm³/mol. The molecule has 0 radical (unpaired) electrons. The van der Waals surface area contributed by atoms with Gasteiger partial charge in [-0.1, -0.05) is 18.2 Å². The van der Waals surface area contributed by atoms with E-state index in [1.165, 1.54) is 6.07 Å². The molecule has 0 aliphatic heterocycles. The van der Waals surface area contributed by atoms with Crippen LogP contribution in [-0.2, 0) is 6.54 Å². The molecule has 88 valence electrons. The van der Waals surface area contributed by atoms with Crippen molar-refractivity contribution in [3.05, 3.63) is 51.7 Å². The van der Waals surface area contributed by atoms with Crippen molar-refractivity contribution in [2.75, 3.05) is 5.32 Å². The van der Waals surface area contributed by atoms with Crippen molar-refractivity contribution < 1.29 is 4.39 Å². The topological polar surface area (TPSA) is 70.7 Å². The van der Waals surface area contributed by atoms with Gasteiger partial charge in [0.1, 0.15) is 11.5 Å². The van der Waals surface area contributed by atoms with Crippen molar-refractivity contribution in [3.8, 4) is 0 Å². The van der Waals surface area contributed by atoms with Gasteiger partial charge in [0.15, 0.2) is 0 Å². The van der Waals surface area contributed by atoms with E-state index in [2.05, 4.69) is 20.5 Å².